The van der Waals surface area contributed by atoms with E-state index >= 15 is 0 Å². The molecule has 1 atom stereocenters. The van der Waals surface area contributed by atoms with Crippen LogP contribution in [-0.4, -0.2) is 24.0 Å². The van der Waals surface area contributed by atoms with Crippen molar-refractivity contribution in [2.24, 2.45) is 5.73 Å². The quantitative estimate of drug-likeness (QED) is 0.776. The second-order valence-corrected chi connectivity index (χ2v) is 4.03. The molecule has 0 aromatic heterocycles. The first-order valence-corrected chi connectivity index (χ1v) is 6.11. The van der Waals surface area contributed by atoms with Gasteiger partial charge in [-0.15, -0.1) is 0 Å². The molecular formula is C15H17NO3. The summed E-state index contributed by atoms with van der Waals surface area (Å²) in [5, 5.41) is 9.87. The van der Waals surface area contributed by atoms with Gasteiger partial charge in [-0.25, -0.2) is 0 Å². The van der Waals surface area contributed by atoms with Gasteiger partial charge in [-0.1, -0.05) is 36.4 Å². The SMILES string of the molecule is NCC(O)C(Oc1ccccc1)Oc1ccccc1. The third kappa shape index (κ3) is 3.98. The van der Waals surface area contributed by atoms with Gasteiger partial charge in [0, 0.05) is 6.54 Å². The Bertz CT molecular complexity index is 434. The highest BCUT2D eigenvalue weighted by Crippen LogP contribution is 2.17. The maximum atomic E-state index is 9.87. The zero-order valence-electron chi connectivity index (χ0n) is 10.5. The van der Waals surface area contributed by atoms with Crippen LogP contribution in [-0.2, 0) is 0 Å². The fourth-order valence-electron chi connectivity index (χ4n) is 1.56. The minimum absolute atomic E-state index is 0.0599. The Labute approximate surface area is 112 Å². The van der Waals surface area contributed by atoms with Gasteiger partial charge in [0.1, 0.15) is 17.6 Å². The smallest absolute Gasteiger partial charge is 0.267 e. The summed E-state index contributed by atoms with van der Waals surface area (Å²) in [6.07, 6.45) is -1.74. The average molecular weight is 259 g/mol. The van der Waals surface area contributed by atoms with Crippen molar-refractivity contribution in [3.05, 3.63) is 60.7 Å². The van der Waals surface area contributed by atoms with Crippen molar-refractivity contribution in [2.75, 3.05) is 6.54 Å². The number of nitrogens with two attached hydrogens (primary N) is 1. The van der Waals surface area contributed by atoms with E-state index in [1.165, 1.54) is 0 Å². The summed E-state index contributed by atoms with van der Waals surface area (Å²) in [5.41, 5.74) is 5.47. The first-order chi connectivity index (χ1) is 9.29. The summed E-state index contributed by atoms with van der Waals surface area (Å²) in [6, 6.07) is 18.4. The number of rotatable bonds is 6. The fourth-order valence-corrected chi connectivity index (χ4v) is 1.56. The van der Waals surface area contributed by atoms with Crippen LogP contribution in [0.15, 0.2) is 60.7 Å². The van der Waals surface area contributed by atoms with Crippen molar-refractivity contribution in [1.29, 1.82) is 0 Å². The first kappa shape index (κ1) is 13.4. The van der Waals surface area contributed by atoms with E-state index < -0.39 is 12.4 Å². The second kappa shape index (κ2) is 6.78. The summed E-state index contributed by atoms with van der Waals surface area (Å²) < 4.78 is 11.2. The van der Waals surface area contributed by atoms with Gasteiger partial charge in [0.25, 0.3) is 6.29 Å². The lowest BCUT2D eigenvalue weighted by Crippen LogP contribution is -2.41. The predicted octanol–water partition coefficient (Wildman–Crippen LogP) is 1.79. The van der Waals surface area contributed by atoms with Crippen LogP contribution in [0.3, 0.4) is 0 Å². The minimum atomic E-state index is -0.902. The highest BCUT2D eigenvalue weighted by atomic mass is 16.7. The van der Waals surface area contributed by atoms with Gasteiger partial charge in [-0.05, 0) is 24.3 Å². The molecule has 0 radical (unpaired) electrons. The van der Waals surface area contributed by atoms with Crippen molar-refractivity contribution < 1.29 is 14.6 Å². The number of hydrogen-bond acceptors (Lipinski definition) is 4. The molecule has 0 aliphatic heterocycles. The van der Waals surface area contributed by atoms with Crippen LogP contribution < -0.4 is 15.2 Å². The van der Waals surface area contributed by atoms with Crippen molar-refractivity contribution in [3.8, 4) is 11.5 Å². The van der Waals surface area contributed by atoms with Crippen LogP contribution in [0.4, 0.5) is 0 Å². The maximum absolute atomic E-state index is 9.87. The van der Waals surface area contributed by atoms with E-state index in [4.69, 9.17) is 15.2 Å². The Balaban J connectivity index is 2.08. The standard InChI is InChI=1S/C15H17NO3/c16-11-14(17)15(18-12-7-3-1-4-8-12)19-13-9-5-2-6-10-13/h1-10,14-15,17H,11,16H2. The van der Waals surface area contributed by atoms with Gasteiger partial charge in [0.15, 0.2) is 0 Å². The summed E-state index contributed by atoms with van der Waals surface area (Å²) in [4.78, 5) is 0. The third-order valence-corrected chi connectivity index (χ3v) is 2.55. The molecule has 0 aliphatic carbocycles. The second-order valence-electron chi connectivity index (χ2n) is 4.03. The molecule has 0 heterocycles. The van der Waals surface area contributed by atoms with Crippen LogP contribution in [0.5, 0.6) is 11.5 Å². The molecule has 2 aromatic rings. The molecule has 100 valence electrons. The Hall–Kier alpha value is -2.04. The van der Waals surface area contributed by atoms with Crippen molar-refractivity contribution >= 4 is 0 Å². The highest BCUT2D eigenvalue weighted by molar-refractivity contribution is 5.23. The van der Waals surface area contributed by atoms with Gasteiger partial charge in [0.05, 0.1) is 0 Å². The lowest BCUT2D eigenvalue weighted by molar-refractivity contribution is -0.0813. The number of benzene rings is 2. The van der Waals surface area contributed by atoms with E-state index in [1.807, 2.05) is 36.4 Å². The first-order valence-electron chi connectivity index (χ1n) is 6.11. The van der Waals surface area contributed by atoms with E-state index in [2.05, 4.69) is 0 Å². The van der Waals surface area contributed by atoms with Gasteiger partial charge in [0.2, 0.25) is 0 Å². The molecule has 3 N–H and O–H groups in total. The summed E-state index contributed by atoms with van der Waals surface area (Å²) in [7, 11) is 0. The molecule has 2 rings (SSSR count). The van der Waals surface area contributed by atoms with Crippen LogP contribution in [0.2, 0.25) is 0 Å². The average Bonchev–Trinajstić information content (AvgIpc) is 2.48. The van der Waals surface area contributed by atoms with Crippen LogP contribution in [0.1, 0.15) is 0 Å². The molecule has 19 heavy (non-hydrogen) atoms. The monoisotopic (exact) mass is 259 g/mol. The molecule has 0 aliphatic rings. The Morgan fingerprint density at radius 2 is 1.26 bits per heavy atom. The molecule has 0 fully saturated rings. The summed E-state index contributed by atoms with van der Waals surface area (Å²) in [5.74, 6) is 1.24. The van der Waals surface area contributed by atoms with Gasteiger partial charge < -0.3 is 20.3 Å². The maximum Gasteiger partial charge on any atom is 0.267 e. The van der Waals surface area contributed by atoms with Crippen LogP contribution in [0, 0.1) is 0 Å². The minimum Gasteiger partial charge on any atom is -0.452 e. The van der Waals surface area contributed by atoms with E-state index in [0.717, 1.165) is 0 Å². The summed E-state index contributed by atoms with van der Waals surface area (Å²) in [6.45, 7) is 0.0599. The molecule has 2 aromatic carbocycles. The molecule has 0 bridgehead atoms. The van der Waals surface area contributed by atoms with Crippen LogP contribution >= 0.6 is 0 Å². The molecule has 1 unspecified atom stereocenters. The lowest BCUT2D eigenvalue weighted by atomic mass is 10.3. The van der Waals surface area contributed by atoms with Crippen molar-refractivity contribution in [2.45, 2.75) is 12.4 Å². The van der Waals surface area contributed by atoms with Crippen molar-refractivity contribution in [3.63, 3.8) is 0 Å². The van der Waals surface area contributed by atoms with Gasteiger partial charge in [-0.2, -0.15) is 0 Å². The van der Waals surface area contributed by atoms with Gasteiger partial charge >= 0.3 is 0 Å². The fraction of sp³-hybridized carbons (Fsp3) is 0.200. The molecule has 0 saturated heterocycles. The molecule has 4 nitrogen and oxygen atoms in total. The Kier molecular flexibility index (Phi) is 4.78. The zero-order valence-corrected chi connectivity index (χ0v) is 10.5. The molecule has 0 amide bonds. The molecule has 0 saturated carbocycles. The van der Waals surface area contributed by atoms with Gasteiger partial charge in [-0.3, -0.25) is 0 Å². The lowest BCUT2D eigenvalue weighted by Gasteiger charge is -2.24. The normalized spacial score (nSPS) is 12.2. The molecule has 0 spiro atoms. The number of ether oxygens (including phenoxy) is 2. The molecular weight excluding hydrogens is 242 g/mol. The van der Waals surface area contributed by atoms with E-state index in [-0.39, 0.29) is 6.54 Å². The number of aliphatic hydroxyl groups is 1. The van der Waals surface area contributed by atoms with E-state index in [9.17, 15) is 5.11 Å². The predicted molar refractivity (Wildman–Crippen MR) is 73.0 cm³/mol. The number of aliphatic hydroxyl groups excluding tert-OH is 1. The van der Waals surface area contributed by atoms with Crippen LogP contribution in [0.25, 0.3) is 0 Å². The Morgan fingerprint density at radius 3 is 1.63 bits per heavy atom. The zero-order chi connectivity index (χ0) is 13.5. The van der Waals surface area contributed by atoms with Crippen molar-refractivity contribution in [1.82, 2.24) is 0 Å². The topological polar surface area (TPSA) is 64.7 Å². The van der Waals surface area contributed by atoms with E-state index in [0.29, 0.717) is 11.5 Å². The third-order valence-electron chi connectivity index (χ3n) is 2.55. The molecule has 4 heteroatoms. The number of para-hydroxylation sites is 2. The van der Waals surface area contributed by atoms with E-state index in [1.54, 1.807) is 24.3 Å². The Morgan fingerprint density at radius 1 is 0.842 bits per heavy atom. The summed E-state index contributed by atoms with van der Waals surface area (Å²) >= 11 is 0. The highest BCUT2D eigenvalue weighted by Gasteiger charge is 2.21. The number of hydrogen-bond donors (Lipinski definition) is 2. The largest absolute Gasteiger partial charge is 0.452 e.